The van der Waals surface area contributed by atoms with E-state index >= 15 is 0 Å². The maximum atomic E-state index is 12.0. The first-order valence-electron chi connectivity index (χ1n) is 7.09. The van der Waals surface area contributed by atoms with E-state index in [0.29, 0.717) is 5.69 Å². The molecule has 1 aliphatic rings. The zero-order valence-corrected chi connectivity index (χ0v) is 12.8. The van der Waals surface area contributed by atoms with Crippen molar-refractivity contribution < 1.29 is 9.59 Å². The number of carbonyl (C=O) groups excluding carboxylic acids is 2. The molecule has 1 aliphatic heterocycles. The van der Waals surface area contributed by atoms with E-state index in [1.54, 1.807) is 11.1 Å². The van der Waals surface area contributed by atoms with E-state index in [0.717, 1.165) is 37.3 Å². The lowest BCUT2D eigenvalue weighted by Gasteiger charge is -2.32. The number of piperazine rings is 1. The average molecular weight is 290 g/mol. The number of aryl methyl sites for hydroxylation is 1. The molecule has 0 spiro atoms. The Morgan fingerprint density at radius 1 is 1.05 bits per heavy atom. The number of hydrogen-bond donors (Lipinski definition) is 2. The molecule has 1 fully saturated rings. The van der Waals surface area contributed by atoms with Crippen LogP contribution in [0.5, 0.6) is 0 Å². The SMILES string of the molecule is Cc1cccc(NC(=O)C(=O)NN2CCN(C)CC2)c1C. The average Bonchev–Trinajstić information content (AvgIpc) is 2.46. The van der Waals surface area contributed by atoms with Crippen LogP contribution in [-0.4, -0.2) is 54.9 Å². The van der Waals surface area contributed by atoms with Gasteiger partial charge in [0, 0.05) is 31.9 Å². The van der Waals surface area contributed by atoms with E-state index in [2.05, 4.69) is 15.6 Å². The Bertz CT molecular complexity index is 536. The predicted molar refractivity (Wildman–Crippen MR) is 81.8 cm³/mol. The molecule has 1 aromatic carbocycles. The van der Waals surface area contributed by atoms with E-state index in [-0.39, 0.29) is 0 Å². The second-order valence-electron chi connectivity index (χ2n) is 5.43. The number of anilines is 1. The molecule has 1 saturated heterocycles. The van der Waals surface area contributed by atoms with Gasteiger partial charge in [-0.15, -0.1) is 0 Å². The molecule has 1 heterocycles. The fraction of sp³-hybridized carbons (Fsp3) is 0.467. The summed E-state index contributed by atoms with van der Waals surface area (Å²) in [5.41, 5.74) is 5.37. The summed E-state index contributed by atoms with van der Waals surface area (Å²) in [6.45, 7) is 7.08. The minimum atomic E-state index is -0.636. The van der Waals surface area contributed by atoms with Crippen molar-refractivity contribution in [2.75, 3.05) is 38.5 Å². The third-order valence-corrected chi connectivity index (χ3v) is 3.82. The van der Waals surface area contributed by atoms with Crippen molar-refractivity contribution in [3.05, 3.63) is 29.3 Å². The van der Waals surface area contributed by atoms with Crippen molar-refractivity contribution in [1.29, 1.82) is 0 Å². The largest absolute Gasteiger partial charge is 0.323 e. The summed E-state index contributed by atoms with van der Waals surface area (Å²) in [5, 5.41) is 4.44. The Hall–Kier alpha value is -1.92. The predicted octanol–water partition coefficient (Wildman–Crippen LogP) is 0.521. The molecule has 1 aromatic rings. The molecule has 114 valence electrons. The molecule has 0 aliphatic carbocycles. The highest BCUT2D eigenvalue weighted by Crippen LogP contribution is 2.17. The first kappa shape index (κ1) is 15.5. The van der Waals surface area contributed by atoms with Crippen LogP contribution < -0.4 is 10.7 Å². The van der Waals surface area contributed by atoms with Gasteiger partial charge in [-0.1, -0.05) is 12.1 Å². The Morgan fingerprint density at radius 2 is 1.71 bits per heavy atom. The topological polar surface area (TPSA) is 64.7 Å². The molecule has 21 heavy (non-hydrogen) atoms. The Kier molecular flexibility index (Phi) is 4.93. The van der Waals surface area contributed by atoms with Gasteiger partial charge >= 0.3 is 11.8 Å². The number of benzene rings is 1. The van der Waals surface area contributed by atoms with E-state index in [1.165, 1.54) is 0 Å². The second-order valence-corrected chi connectivity index (χ2v) is 5.43. The van der Waals surface area contributed by atoms with E-state index in [4.69, 9.17) is 0 Å². The molecule has 0 saturated carbocycles. The van der Waals surface area contributed by atoms with Crippen LogP contribution in [-0.2, 0) is 9.59 Å². The van der Waals surface area contributed by atoms with Crippen LogP contribution in [0.4, 0.5) is 5.69 Å². The Morgan fingerprint density at radius 3 is 2.38 bits per heavy atom. The second kappa shape index (κ2) is 6.69. The van der Waals surface area contributed by atoms with Crippen molar-refractivity contribution in [3.63, 3.8) is 0 Å². The molecule has 0 aromatic heterocycles. The number of nitrogens with one attached hydrogen (secondary N) is 2. The van der Waals surface area contributed by atoms with Crippen molar-refractivity contribution in [1.82, 2.24) is 15.3 Å². The van der Waals surface area contributed by atoms with E-state index in [9.17, 15) is 9.59 Å². The third kappa shape index (κ3) is 4.03. The quantitative estimate of drug-likeness (QED) is 0.780. The van der Waals surface area contributed by atoms with Gasteiger partial charge in [0.15, 0.2) is 0 Å². The maximum absolute atomic E-state index is 12.0. The van der Waals surface area contributed by atoms with Gasteiger partial charge < -0.3 is 10.2 Å². The number of carbonyl (C=O) groups is 2. The van der Waals surface area contributed by atoms with Crippen LogP contribution in [0.1, 0.15) is 11.1 Å². The van der Waals surface area contributed by atoms with Gasteiger partial charge in [0.2, 0.25) is 0 Å². The summed E-state index contributed by atoms with van der Waals surface area (Å²) in [5.74, 6) is -1.26. The van der Waals surface area contributed by atoms with Gasteiger partial charge in [0.05, 0.1) is 0 Å². The number of amides is 2. The smallest absolute Gasteiger partial charge is 0.317 e. The molecular weight excluding hydrogens is 268 g/mol. The minimum Gasteiger partial charge on any atom is -0.317 e. The van der Waals surface area contributed by atoms with Crippen LogP contribution in [0.3, 0.4) is 0 Å². The summed E-state index contributed by atoms with van der Waals surface area (Å²) in [6, 6.07) is 5.62. The maximum Gasteiger partial charge on any atom is 0.323 e. The third-order valence-electron chi connectivity index (χ3n) is 3.82. The molecule has 0 atom stereocenters. The van der Waals surface area contributed by atoms with Crippen LogP contribution in [0.15, 0.2) is 18.2 Å². The summed E-state index contributed by atoms with van der Waals surface area (Å²) < 4.78 is 0. The van der Waals surface area contributed by atoms with Gasteiger partial charge in [0.25, 0.3) is 0 Å². The Balaban J connectivity index is 1.91. The summed E-state index contributed by atoms with van der Waals surface area (Å²) in [7, 11) is 2.03. The van der Waals surface area contributed by atoms with E-state index in [1.807, 2.05) is 33.0 Å². The van der Waals surface area contributed by atoms with Gasteiger partial charge in [-0.2, -0.15) is 0 Å². The molecule has 2 N–H and O–H groups in total. The summed E-state index contributed by atoms with van der Waals surface area (Å²) in [4.78, 5) is 26.0. The zero-order chi connectivity index (χ0) is 15.4. The lowest BCUT2D eigenvalue weighted by atomic mass is 10.1. The highest BCUT2D eigenvalue weighted by molar-refractivity contribution is 6.39. The Labute approximate surface area is 125 Å². The van der Waals surface area contributed by atoms with Crippen LogP contribution in [0.2, 0.25) is 0 Å². The first-order valence-corrected chi connectivity index (χ1v) is 7.09. The van der Waals surface area contributed by atoms with Crippen LogP contribution in [0, 0.1) is 13.8 Å². The molecule has 6 heteroatoms. The fourth-order valence-electron chi connectivity index (χ4n) is 2.18. The van der Waals surface area contributed by atoms with Crippen LogP contribution in [0.25, 0.3) is 0 Å². The molecule has 2 rings (SSSR count). The van der Waals surface area contributed by atoms with Crippen LogP contribution >= 0.6 is 0 Å². The van der Waals surface area contributed by atoms with E-state index < -0.39 is 11.8 Å². The molecule has 0 radical (unpaired) electrons. The van der Waals surface area contributed by atoms with Crippen molar-refractivity contribution in [2.24, 2.45) is 0 Å². The number of nitrogens with zero attached hydrogens (tertiary/aromatic N) is 2. The highest BCUT2D eigenvalue weighted by atomic mass is 16.2. The molecule has 0 unspecified atom stereocenters. The fourth-order valence-corrected chi connectivity index (χ4v) is 2.18. The van der Waals surface area contributed by atoms with Gasteiger partial charge in [-0.3, -0.25) is 15.0 Å². The van der Waals surface area contributed by atoms with Gasteiger partial charge in [-0.05, 0) is 38.1 Å². The standard InChI is InChI=1S/C15H22N4O2/c1-11-5-4-6-13(12(11)2)16-14(20)15(21)17-19-9-7-18(3)8-10-19/h4-6H,7-10H2,1-3H3,(H,16,20)(H,17,21). The molecular formula is C15H22N4O2. The lowest BCUT2D eigenvalue weighted by Crippen LogP contribution is -2.54. The lowest BCUT2D eigenvalue weighted by molar-refractivity contribution is -0.139. The molecule has 6 nitrogen and oxygen atoms in total. The molecule has 2 amide bonds. The number of likely N-dealkylation sites (N-methyl/N-ethyl adjacent to an activating group) is 1. The zero-order valence-electron chi connectivity index (χ0n) is 12.8. The number of rotatable bonds is 2. The monoisotopic (exact) mass is 290 g/mol. The van der Waals surface area contributed by atoms with Gasteiger partial charge in [-0.25, -0.2) is 5.01 Å². The summed E-state index contributed by atoms with van der Waals surface area (Å²) in [6.07, 6.45) is 0. The van der Waals surface area contributed by atoms with Crippen molar-refractivity contribution in [3.8, 4) is 0 Å². The van der Waals surface area contributed by atoms with Crippen molar-refractivity contribution >= 4 is 17.5 Å². The summed E-state index contributed by atoms with van der Waals surface area (Å²) >= 11 is 0. The first-order chi connectivity index (χ1) is 9.97. The van der Waals surface area contributed by atoms with Gasteiger partial charge in [0.1, 0.15) is 0 Å². The number of hydrogen-bond acceptors (Lipinski definition) is 4. The normalized spacial score (nSPS) is 16.5. The number of hydrazine groups is 1. The molecule has 0 bridgehead atoms. The van der Waals surface area contributed by atoms with Crippen molar-refractivity contribution in [2.45, 2.75) is 13.8 Å². The highest BCUT2D eigenvalue weighted by Gasteiger charge is 2.20. The minimum absolute atomic E-state index is 0.625.